The molecule has 3 aliphatic heterocycles. The summed E-state index contributed by atoms with van der Waals surface area (Å²) >= 11 is 0. The Bertz CT molecular complexity index is 3210. The van der Waals surface area contributed by atoms with Crippen LogP contribution in [0.3, 0.4) is 0 Å². The summed E-state index contributed by atoms with van der Waals surface area (Å²) in [5.74, 6) is 0. The van der Waals surface area contributed by atoms with Crippen molar-refractivity contribution in [3.05, 3.63) is 173 Å². The second-order valence-corrected chi connectivity index (χ2v) is 25.7. The Morgan fingerprint density at radius 2 is 0.971 bits per heavy atom. The molecule has 0 radical (unpaired) electrons. The highest BCUT2D eigenvalue weighted by molar-refractivity contribution is 7.00. The third-order valence-corrected chi connectivity index (χ3v) is 17.0. The minimum atomic E-state index is -0.0388. The lowest BCUT2D eigenvalue weighted by Gasteiger charge is -2.56. The molecule has 4 heteroatoms. The van der Waals surface area contributed by atoms with Crippen molar-refractivity contribution >= 4 is 68.6 Å². The minimum Gasteiger partial charge on any atom is -0.334 e. The second kappa shape index (κ2) is 15.0. The van der Waals surface area contributed by atoms with E-state index < -0.39 is 0 Å². The maximum atomic E-state index is 2.73. The molecule has 0 aromatic heterocycles. The highest BCUT2D eigenvalue weighted by Gasteiger charge is 2.63. The number of hydrogen-bond acceptors (Lipinski definition) is 3. The molecule has 2 unspecified atom stereocenters. The van der Waals surface area contributed by atoms with Crippen LogP contribution < -0.4 is 31.1 Å². The molecular weight excluding hydrogens is 834 g/mol. The van der Waals surface area contributed by atoms with Crippen molar-refractivity contribution < 1.29 is 0 Å². The predicted octanol–water partition coefficient (Wildman–Crippen LogP) is 15.9. The zero-order chi connectivity index (χ0) is 49.0. The van der Waals surface area contributed by atoms with Gasteiger partial charge in [-0.05, 0) is 164 Å². The van der Waals surface area contributed by atoms with Crippen LogP contribution in [-0.4, -0.2) is 12.3 Å². The van der Waals surface area contributed by atoms with Gasteiger partial charge in [-0.3, -0.25) is 0 Å². The average Bonchev–Trinajstić information content (AvgIpc) is 3.41. The Labute approximate surface area is 414 Å². The first-order chi connectivity index (χ1) is 32.4. The molecule has 0 N–H and O–H groups in total. The van der Waals surface area contributed by atoms with Crippen molar-refractivity contribution in [2.45, 2.75) is 149 Å². The van der Waals surface area contributed by atoms with Gasteiger partial charge in [0.05, 0.1) is 11.2 Å². The summed E-state index contributed by atoms with van der Waals surface area (Å²) in [6, 6.07) is 55.0. The van der Waals surface area contributed by atoms with E-state index in [1.165, 1.54) is 113 Å². The summed E-state index contributed by atoms with van der Waals surface area (Å²) in [6.07, 6.45) is 2.36. The number of fused-ring (bicyclic) bond motifs is 7. The van der Waals surface area contributed by atoms with Gasteiger partial charge in [0.2, 0.25) is 0 Å². The third kappa shape index (κ3) is 6.89. The molecular formula is C65H72BN3. The summed E-state index contributed by atoms with van der Waals surface area (Å²) in [5, 5.41) is 0. The Hall–Kier alpha value is -6.00. The maximum Gasteiger partial charge on any atom is 0.252 e. The molecule has 0 bridgehead atoms. The van der Waals surface area contributed by atoms with Gasteiger partial charge in [0.25, 0.3) is 6.71 Å². The summed E-state index contributed by atoms with van der Waals surface area (Å²) in [7, 11) is 0. The van der Waals surface area contributed by atoms with Crippen LogP contribution in [0.1, 0.15) is 143 Å². The largest absolute Gasteiger partial charge is 0.334 e. The minimum absolute atomic E-state index is 0.0101. The molecule has 1 saturated carbocycles. The fourth-order valence-corrected chi connectivity index (χ4v) is 12.4. The van der Waals surface area contributed by atoms with Gasteiger partial charge >= 0.3 is 0 Å². The first-order valence-corrected chi connectivity index (χ1v) is 25.7. The number of nitrogens with zero attached hydrogens (tertiary/aromatic N) is 3. The van der Waals surface area contributed by atoms with E-state index in [0.29, 0.717) is 0 Å². The van der Waals surface area contributed by atoms with Gasteiger partial charge in [0, 0.05) is 50.8 Å². The van der Waals surface area contributed by atoms with E-state index in [1.807, 2.05) is 0 Å². The summed E-state index contributed by atoms with van der Waals surface area (Å²) < 4.78 is 0. The maximum absolute atomic E-state index is 2.73. The monoisotopic (exact) mass is 906 g/mol. The van der Waals surface area contributed by atoms with Crippen molar-refractivity contribution in [3.8, 4) is 11.1 Å². The Morgan fingerprint density at radius 1 is 0.435 bits per heavy atom. The SMILES string of the molecule is Cc1cc2c3c(c1)N(c1ccc(C(C)(C)C)cc1-c1ccccc1)c1ccc(C(C)(C)C)cc1B3c1ccc(N3c4ccc(C(C)(C)C)cc4C4(C)CCC34C)cc1N2c1ccc(C(C)(C)C)cc1. The van der Waals surface area contributed by atoms with E-state index in [4.69, 9.17) is 0 Å². The van der Waals surface area contributed by atoms with Gasteiger partial charge in [0.15, 0.2) is 0 Å². The number of aryl methyl sites for hydroxylation is 1. The number of benzene rings is 7. The smallest absolute Gasteiger partial charge is 0.252 e. The molecule has 7 aromatic rings. The predicted molar refractivity (Wildman–Crippen MR) is 299 cm³/mol. The van der Waals surface area contributed by atoms with E-state index in [0.717, 1.165) is 6.42 Å². The summed E-state index contributed by atoms with van der Waals surface area (Å²) in [5.41, 5.74) is 24.8. The summed E-state index contributed by atoms with van der Waals surface area (Å²) in [6.45, 7) is 35.4. The highest BCUT2D eigenvalue weighted by atomic mass is 15.3. The normalized spacial score (nSPS) is 19.4. The molecule has 11 rings (SSSR count). The molecule has 69 heavy (non-hydrogen) atoms. The van der Waals surface area contributed by atoms with E-state index >= 15 is 0 Å². The molecule has 4 aliphatic rings. The molecule has 1 aliphatic carbocycles. The van der Waals surface area contributed by atoms with Crippen molar-refractivity contribution in [1.82, 2.24) is 0 Å². The molecule has 3 heterocycles. The fourth-order valence-electron chi connectivity index (χ4n) is 12.4. The Kier molecular flexibility index (Phi) is 9.88. The molecule has 0 spiro atoms. The van der Waals surface area contributed by atoms with Crippen LogP contribution in [0, 0.1) is 6.92 Å². The molecule has 7 aromatic carbocycles. The number of rotatable bonds is 4. The molecule has 0 amide bonds. The molecule has 0 saturated heterocycles. The lowest BCUT2D eigenvalue weighted by molar-refractivity contribution is 0.133. The van der Waals surface area contributed by atoms with Gasteiger partial charge in [-0.15, -0.1) is 0 Å². The number of anilines is 8. The van der Waals surface area contributed by atoms with E-state index in [1.54, 1.807) is 0 Å². The third-order valence-electron chi connectivity index (χ3n) is 17.0. The quantitative estimate of drug-likeness (QED) is 0.163. The van der Waals surface area contributed by atoms with Crippen LogP contribution in [-0.2, 0) is 27.1 Å². The van der Waals surface area contributed by atoms with Gasteiger partial charge in [0.1, 0.15) is 0 Å². The Morgan fingerprint density at radius 3 is 1.57 bits per heavy atom. The van der Waals surface area contributed by atoms with Gasteiger partial charge < -0.3 is 14.7 Å². The van der Waals surface area contributed by atoms with E-state index in [9.17, 15) is 0 Å². The number of hydrogen-bond donors (Lipinski definition) is 0. The standard InChI is InChI=1S/C65H72BN3/c1-41-35-57-59-58(36-41)68(53-30-23-44(61(5,6)7)37-49(53)42-19-17-16-18-20-42)55-32-25-46(63(11,12)13)39-52(55)66(59)51-29-28-48(40-56(51)67(57)47-26-21-43(22-27-47)60(2,3)4)69-54-31-24-45(62(8,9)10)38-50(54)64(14)33-34-65(64,69)15/h16-32,35-40H,33-34H2,1-15H3. The van der Waals surface area contributed by atoms with E-state index in [-0.39, 0.29) is 39.3 Å². The van der Waals surface area contributed by atoms with Crippen molar-refractivity contribution in [2.75, 3.05) is 14.7 Å². The molecule has 1 fully saturated rings. The Balaban J connectivity index is 1.20. The highest BCUT2D eigenvalue weighted by Crippen LogP contribution is 2.65. The zero-order valence-corrected chi connectivity index (χ0v) is 44.1. The van der Waals surface area contributed by atoms with Crippen LogP contribution in [0.4, 0.5) is 45.5 Å². The lowest BCUT2D eigenvalue weighted by atomic mass is 9.33. The molecule has 350 valence electrons. The van der Waals surface area contributed by atoms with Crippen LogP contribution in [0.5, 0.6) is 0 Å². The molecule has 2 atom stereocenters. The second-order valence-electron chi connectivity index (χ2n) is 25.7. The topological polar surface area (TPSA) is 9.72 Å². The van der Waals surface area contributed by atoms with Gasteiger partial charge in [-0.2, -0.15) is 0 Å². The lowest BCUT2D eigenvalue weighted by Crippen LogP contribution is -2.62. The van der Waals surface area contributed by atoms with Crippen LogP contribution >= 0.6 is 0 Å². The van der Waals surface area contributed by atoms with Crippen molar-refractivity contribution in [2.24, 2.45) is 0 Å². The van der Waals surface area contributed by atoms with Crippen molar-refractivity contribution in [1.29, 1.82) is 0 Å². The molecule has 3 nitrogen and oxygen atoms in total. The van der Waals surface area contributed by atoms with Crippen LogP contribution in [0.2, 0.25) is 0 Å². The average molecular weight is 906 g/mol. The van der Waals surface area contributed by atoms with Gasteiger partial charge in [-0.25, -0.2) is 0 Å². The first kappa shape index (κ1) is 45.4. The zero-order valence-electron chi connectivity index (χ0n) is 44.1. The van der Waals surface area contributed by atoms with E-state index in [2.05, 4.69) is 258 Å². The fraction of sp³-hybridized carbons (Fsp3) is 0.354. The van der Waals surface area contributed by atoms with Crippen LogP contribution in [0.25, 0.3) is 11.1 Å². The van der Waals surface area contributed by atoms with Crippen molar-refractivity contribution in [3.63, 3.8) is 0 Å². The summed E-state index contributed by atoms with van der Waals surface area (Å²) in [4.78, 5) is 7.97. The van der Waals surface area contributed by atoms with Gasteiger partial charge in [-0.1, -0.05) is 169 Å². The first-order valence-electron chi connectivity index (χ1n) is 25.7. The van der Waals surface area contributed by atoms with Crippen LogP contribution in [0.15, 0.2) is 140 Å².